The second-order valence-corrected chi connectivity index (χ2v) is 12.8. The van der Waals surface area contributed by atoms with Crippen molar-refractivity contribution in [3.8, 4) is 0 Å². The van der Waals surface area contributed by atoms with E-state index in [-0.39, 0.29) is 28.9 Å². The normalized spacial score (nSPS) is 35.3. The number of hydrogen-bond donors (Lipinski definition) is 0. The minimum Gasteiger partial charge on any atom is -0.469 e. The number of aryl methyl sites for hydroxylation is 1. The molecule has 0 aromatic heterocycles. The third-order valence-electron chi connectivity index (χ3n) is 10.7. The lowest BCUT2D eigenvalue weighted by molar-refractivity contribution is -0.140. The van der Waals surface area contributed by atoms with E-state index >= 15 is 0 Å². The highest BCUT2D eigenvalue weighted by Gasteiger charge is 2.55. The Morgan fingerprint density at radius 2 is 1.81 bits per heavy atom. The van der Waals surface area contributed by atoms with E-state index in [4.69, 9.17) is 9.47 Å². The van der Waals surface area contributed by atoms with E-state index in [0.717, 1.165) is 44.1 Å². The molecule has 2 saturated carbocycles. The van der Waals surface area contributed by atoms with Gasteiger partial charge in [0.05, 0.1) is 12.7 Å². The van der Waals surface area contributed by atoms with Gasteiger partial charge in [-0.3, -0.25) is 4.79 Å². The van der Waals surface area contributed by atoms with Gasteiger partial charge in [0.15, 0.2) is 0 Å². The number of methoxy groups -OCH3 is 1. The zero-order chi connectivity index (χ0) is 26.4. The molecule has 4 aliphatic rings. The average Bonchev–Trinajstić information content (AvgIpc) is 3.25. The largest absolute Gasteiger partial charge is 0.469 e. The fourth-order valence-corrected chi connectivity index (χ4v) is 8.47. The maximum absolute atomic E-state index is 12.8. The van der Waals surface area contributed by atoms with Gasteiger partial charge in [-0.05, 0) is 105 Å². The first kappa shape index (κ1) is 26.3. The van der Waals surface area contributed by atoms with Crippen molar-refractivity contribution in [3.05, 3.63) is 58.7 Å². The molecule has 2 fully saturated rings. The highest BCUT2D eigenvalue weighted by Crippen LogP contribution is 2.65. The van der Waals surface area contributed by atoms with Crippen LogP contribution in [0.25, 0.3) is 0 Å². The minimum absolute atomic E-state index is 0.0216. The number of ether oxygens (including phenoxy) is 2. The molecule has 37 heavy (non-hydrogen) atoms. The van der Waals surface area contributed by atoms with Crippen LogP contribution in [0.2, 0.25) is 0 Å². The standard InChI is InChI=1S/C33H44O4/c1-21-6-9-23(10-7-21)31(35)37-25-16-18-32(3)24(20-25)11-12-26-28-14-13-27(22(2)8-15-30(34)36-5)33(28,4)19-17-29(26)32/h6-7,9-10,13,17,22,24-26,28H,8,11-12,14-16,18-20H2,1-5H3/t22-,24-,25+,26+,28+,32+,33-/m1/s1. The molecule has 5 rings (SSSR count). The van der Waals surface area contributed by atoms with Crippen molar-refractivity contribution >= 4 is 11.9 Å². The zero-order valence-corrected chi connectivity index (χ0v) is 23.3. The second-order valence-electron chi connectivity index (χ2n) is 12.8. The molecule has 0 N–H and O–H groups in total. The van der Waals surface area contributed by atoms with E-state index in [1.165, 1.54) is 20.0 Å². The van der Waals surface area contributed by atoms with Gasteiger partial charge < -0.3 is 9.47 Å². The summed E-state index contributed by atoms with van der Waals surface area (Å²) < 4.78 is 10.9. The summed E-state index contributed by atoms with van der Waals surface area (Å²) in [5.41, 5.74) is 5.49. The van der Waals surface area contributed by atoms with E-state index in [0.29, 0.717) is 35.7 Å². The van der Waals surface area contributed by atoms with Gasteiger partial charge in [-0.2, -0.15) is 0 Å². The Balaban J connectivity index is 1.26. The SMILES string of the molecule is COC(=O)CC[C@@H](C)C1=CC[C@H]2[C@@H]3CC[C@@H]4C[C@@H](OC(=O)c5ccc(C)cc5)CC[C@]4(C)C3=CC[C@]12C. The van der Waals surface area contributed by atoms with Crippen molar-refractivity contribution in [1.29, 1.82) is 0 Å². The van der Waals surface area contributed by atoms with Crippen molar-refractivity contribution in [2.24, 2.45) is 34.5 Å². The van der Waals surface area contributed by atoms with Gasteiger partial charge in [0.1, 0.15) is 6.10 Å². The van der Waals surface area contributed by atoms with E-state index in [1.54, 1.807) is 11.1 Å². The van der Waals surface area contributed by atoms with Crippen molar-refractivity contribution in [3.63, 3.8) is 0 Å². The van der Waals surface area contributed by atoms with Crippen LogP contribution in [0, 0.1) is 41.4 Å². The fraction of sp³-hybridized carbons (Fsp3) is 0.636. The van der Waals surface area contributed by atoms with Crippen LogP contribution in [0.4, 0.5) is 0 Å². The van der Waals surface area contributed by atoms with Gasteiger partial charge in [-0.15, -0.1) is 0 Å². The first-order valence-electron chi connectivity index (χ1n) is 14.4. The summed E-state index contributed by atoms with van der Waals surface area (Å²) in [5, 5.41) is 0. The number of benzene rings is 1. The summed E-state index contributed by atoms with van der Waals surface area (Å²) in [7, 11) is 1.48. The molecular weight excluding hydrogens is 460 g/mol. The summed E-state index contributed by atoms with van der Waals surface area (Å²) in [5.74, 6) is 2.02. The fourth-order valence-electron chi connectivity index (χ4n) is 8.47. The molecule has 4 nitrogen and oxygen atoms in total. The summed E-state index contributed by atoms with van der Waals surface area (Å²) in [4.78, 5) is 24.5. The highest BCUT2D eigenvalue weighted by molar-refractivity contribution is 5.89. The van der Waals surface area contributed by atoms with Crippen LogP contribution >= 0.6 is 0 Å². The Labute approximate surface area is 222 Å². The molecule has 0 aliphatic heterocycles. The number of carbonyl (C=O) groups is 2. The topological polar surface area (TPSA) is 52.6 Å². The van der Waals surface area contributed by atoms with Gasteiger partial charge in [-0.1, -0.05) is 61.8 Å². The molecule has 4 heteroatoms. The minimum atomic E-state index is -0.180. The number of rotatable bonds is 6. The molecule has 0 amide bonds. The summed E-state index contributed by atoms with van der Waals surface area (Å²) in [6.07, 6.45) is 14.3. The van der Waals surface area contributed by atoms with E-state index < -0.39 is 0 Å². The molecule has 200 valence electrons. The molecule has 0 unspecified atom stereocenters. The molecule has 4 aliphatic carbocycles. The molecule has 0 radical (unpaired) electrons. The van der Waals surface area contributed by atoms with Crippen LogP contribution in [0.3, 0.4) is 0 Å². The van der Waals surface area contributed by atoms with Crippen LogP contribution in [-0.2, 0) is 14.3 Å². The Hall–Kier alpha value is -2.36. The van der Waals surface area contributed by atoms with E-state index in [2.05, 4.69) is 32.9 Å². The van der Waals surface area contributed by atoms with E-state index in [1.807, 2.05) is 31.2 Å². The van der Waals surface area contributed by atoms with Gasteiger partial charge in [0.2, 0.25) is 0 Å². The molecular formula is C33H44O4. The van der Waals surface area contributed by atoms with Crippen LogP contribution < -0.4 is 0 Å². The maximum Gasteiger partial charge on any atom is 0.338 e. The molecule has 0 saturated heterocycles. The predicted molar refractivity (Wildman–Crippen MR) is 146 cm³/mol. The van der Waals surface area contributed by atoms with Gasteiger partial charge in [0.25, 0.3) is 0 Å². The third-order valence-corrected chi connectivity index (χ3v) is 10.7. The van der Waals surface area contributed by atoms with Crippen molar-refractivity contribution in [2.45, 2.75) is 91.6 Å². The van der Waals surface area contributed by atoms with Crippen molar-refractivity contribution in [2.75, 3.05) is 7.11 Å². The van der Waals surface area contributed by atoms with E-state index in [9.17, 15) is 9.59 Å². The van der Waals surface area contributed by atoms with Crippen LogP contribution in [0.1, 0.15) is 94.5 Å². The highest BCUT2D eigenvalue weighted by atomic mass is 16.5. The van der Waals surface area contributed by atoms with Crippen molar-refractivity contribution in [1.82, 2.24) is 0 Å². The number of carbonyl (C=O) groups excluding carboxylic acids is 2. The Bertz CT molecular complexity index is 1100. The number of hydrogen-bond acceptors (Lipinski definition) is 4. The quantitative estimate of drug-likeness (QED) is 0.295. The average molecular weight is 505 g/mol. The lowest BCUT2D eigenvalue weighted by Gasteiger charge is -2.57. The lowest BCUT2D eigenvalue weighted by atomic mass is 9.48. The van der Waals surface area contributed by atoms with Crippen LogP contribution in [0.5, 0.6) is 0 Å². The summed E-state index contributed by atoms with van der Waals surface area (Å²) in [6.45, 7) is 9.30. The smallest absolute Gasteiger partial charge is 0.338 e. The Morgan fingerprint density at radius 3 is 2.54 bits per heavy atom. The summed E-state index contributed by atoms with van der Waals surface area (Å²) in [6, 6.07) is 7.70. The maximum atomic E-state index is 12.8. The first-order valence-corrected chi connectivity index (χ1v) is 14.4. The lowest BCUT2D eigenvalue weighted by Crippen LogP contribution is -2.48. The second kappa shape index (κ2) is 10.1. The van der Waals surface area contributed by atoms with Crippen LogP contribution in [0.15, 0.2) is 47.6 Å². The molecule has 0 bridgehead atoms. The number of fused-ring (bicyclic) bond motifs is 5. The number of allylic oxidation sites excluding steroid dienone is 4. The molecule has 0 heterocycles. The third kappa shape index (κ3) is 4.70. The van der Waals surface area contributed by atoms with Gasteiger partial charge in [-0.25, -0.2) is 4.79 Å². The van der Waals surface area contributed by atoms with Crippen molar-refractivity contribution < 1.29 is 19.1 Å². The first-order chi connectivity index (χ1) is 17.7. The number of esters is 2. The van der Waals surface area contributed by atoms with Gasteiger partial charge in [0, 0.05) is 6.42 Å². The molecule has 0 spiro atoms. The van der Waals surface area contributed by atoms with Crippen LogP contribution in [-0.4, -0.2) is 25.2 Å². The van der Waals surface area contributed by atoms with Gasteiger partial charge >= 0.3 is 11.9 Å². The Morgan fingerprint density at radius 1 is 1.05 bits per heavy atom. The molecule has 1 aromatic carbocycles. The zero-order valence-electron chi connectivity index (χ0n) is 23.3. The summed E-state index contributed by atoms with van der Waals surface area (Å²) >= 11 is 0. The predicted octanol–water partition coefficient (Wildman–Crippen LogP) is 7.61. The molecule has 1 aromatic rings. The molecule has 7 atom stereocenters. The monoisotopic (exact) mass is 504 g/mol. The Kier molecular flexibility index (Phi) is 7.15.